The first kappa shape index (κ1) is 6.98. The quantitative estimate of drug-likeness (QED) is 0.452. The second kappa shape index (κ2) is 3.14. The smallest absolute Gasteiger partial charge is 0.129 e. The molecule has 0 saturated heterocycles. The fourth-order valence-corrected chi connectivity index (χ4v) is 0.880. The van der Waals surface area contributed by atoms with Crippen LogP contribution in [0.1, 0.15) is 5.56 Å². The molecule has 1 unspecified atom stereocenters. The molecule has 9 heavy (non-hydrogen) atoms. The number of rotatable bonds is 1. The molecule has 0 aliphatic rings. The summed E-state index contributed by atoms with van der Waals surface area (Å²) in [6.45, 7) is 0. The Morgan fingerprint density at radius 1 is 1.56 bits per heavy atom. The molecule has 0 aliphatic carbocycles. The molecule has 48 valence electrons. The molecule has 0 saturated carbocycles. The van der Waals surface area contributed by atoms with Gasteiger partial charge in [0.1, 0.15) is 5.15 Å². The standard InChI is InChI=1S/C6H7ClNP/c7-6-2-1-5(4-9)3-8-6/h1-3H,4,9H2. The number of hydrogen-bond donors (Lipinski definition) is 0. The molecule has 1 nitrogen and oxygen atoms in total. The van der Waals surface area contributed by atoms with Gasteiger partial charge in [-0.1, -0.05) is 17.7 Å². The first-order chi connectivity index (χ1) is 4.33. The molecule has 0 bridgehead atoms. The Labute approximate surface area is 61.6 Å². The van der Waals surface area contributed by atoms with Gasteiger partial charge in [-0.15, -0.1) is 9.24 Å². The zero-order chi connectivity index (χ0) is 6.69. The number of halogens is 1. The first-order valence-corrected chi connectivity index (χ1v) is 3.83. The minimum atomic E-state index is 0.553. The molecule has 0 N–H and O–H groups in total. The summed E-state index contributed by atoms with van der Waals surface area (Å²) in [7, 11) is 2.63. The average Bonchev–Trinajstić information content (AvgIpc) is 1.90. The maximum Gasteiger partial charge on any atom is 0.129 e. The highest BCUT2D eigenvalue weighted by Gasteiger charge is 1.87. The SMILES string of the molecule is PCc1ccc(Cl)nc1. The van der Waals surface area contributed by atoms with Gasteiger partial charge in [0.2, 0.25) is 0 Å². The van der Waals surface area contributed by atoms with E-state index in [1.54, 1.807) is 12.3 Å². The van der Waals surface area contributed by atoms with E-state index in [1.165, 1.54) is 5.56 Å². The van der Waals surface area contributed by atoms with E-state index >= 15 is 0 Å². The maximum absolute atomic E-state index is 5.55. The highest BCUT2D eigenvalue weighted by Crippen LogP contribution is 2.07. The van der Waals surface area contributed by atoms with Crippen LogP contribution in [-0.4, -0.2) is 4.98 Å². The normalized spacial score (nSPS) is 9.56. The number of pyridine rings is 1. The zero-order valence-corrected chi connectivity index (χ0v) is 6.75. The van der Waals surface area contributed by atoms with Crippen molar-refractivity contribution in [2.24, 2.45) is 0 Å². The van der Waals surface area contributed by atoms with Gasteiger partial charge in [0, 0.05) is 6.20 Å². The van der Waals surface area contributed by atoms with E-state index in [4.69, 9.17) is 11.6 Å². The highest BCUT2D eigenvalue weighted by atomic mass is 35.5. The van der Waals surface area contributed by atoms with Gasteiger partial charge in [-0.05, 0) is 17.8 Å². The third-order valence-corrected chi connectivity index (χ3v) is 1.72. The maximum atomic E-state index is 5.55. The van der Waals surface area contributed by atoms with Crippen molar-refractivity contribution in [2.45, 2.75) is 6.16 Å². The summed E-state index contributed by atoms with van der Waals surface area (Å²) >= 11 is 5.55. The summed E-state index contributed by atoms with van der Waals surface area (Å²) in [5, 5.41) is 0.553. The van der Waals surface area contributed by atoms with Gasteiger partial charge in [0.05, 0.1) is 0 Å². The van der Waals surface area contributed by atoms with Crippen LogP contribution in [-0.2, 0) is 6.16 Å². The van der Waals surface area contributed by atoms with Gasteiger partial charge in [-0.3, -0.25) is 0 Å². The van der Waals surface area contributed by atoms with Crippen LogP contribution in [0.5, 0.6) is 0 Å². The van der Waals surface area contributed by atoms with Gasteiger partial charge >= 0.3 is 0 Å². The summed E-state index contributed by atoms with van der Waals surface area (Å²) in [4.78, 5) is 3.90. The van der Waals surface area contributed by atoms with Crippen LogP contribution >= 0.6 is 20.8 Å². The largest absolute Gasteiger partial charge is 0.244 e. The average molecular weight is 160 g/mol. The van der Waals surface area contributed by atoms with Crippen molar-refractivity contribution in [1.29, 1.82) is 0 Å². The predicted molar refractivity (Wildman–Crippen MR) is 42.7 cm³/mol. The molecular formula is C6H7ClNP. The molecule has 1 rings (SSSR count). The van der Waals surface area contributed by atoms with Gasteiger partial charge in [0.25, 0.3) is 0 Å². The molecule has 0 amide bonds. The van der Waals surface area contributed by atoms with E-state index < -0.39 is 0 Å². The molecule has 0 radical (unpaired) electrons. The lowest BCUT2D eigenvalue weighted by atomic mass is 10.3. The lowest BCUT2D eigenvalue weighted by Crippen LogP contribution is -1.78. The molecule has 1 aromatic heterocycles. The van der Waals surface area contributed by atoms with Crippen LogP contribution in [0, 0.1) is 0 Å². The van der Waals surface area contributed by atoms with Gasteiger partial charge < -0.3 is 0 Å². The Morgan fingerprint density at radius 2 is 2.33 bits per heavy atom. The summed E-state index contributed by atoms with van der Waals surface area (Å²) in [5.74, 6) is 0. The molecule has 0 aliphatic heterocycles. The van der Waals surface area contributed by atoms with E-state index in [2.05, 4.69) is 14.2 Å². The Kier molecular flexibility index (Phi) is 2.44. The monoisotopic (exact) mass is 159 g/mol. The highest BCUT2D eigenvalue weighted by molar-refractivity contribution is 7.15. The van der Waals surface area contributed by atoms with Crippen molar-refractivity contribution < 1.29 is 0 Å². The Morgan fingerprint density at radius 3 is 2.78 bits per heavy atom. The van der Waals surface area contributed by atoms with E-state index in [0.717, 1.165) is 6.16 Å². The first-order valence-electron chi connectivity index (χ1n) is 2.63. The molecule has 3 heteroatoms. The molecule has 1 aromatic rings. The van der Waals surface area contributed by atoms with Crippen LogP contribution in [0.25, 0.3) is 0 Å². The van der Waals surface area contributed by atoms with Crippen molar-refractivity contribution in [3.8, 4) is 0 Å². The van der Waals surface area contributed by atoms with Gasteiger partial charge in [-0.2, -0.15) is 0 Å². The Bertz CT molecular complexity index is 185. The van der Waals surface area contributed by atoms with Crippen LogP contribution in [0.4, 0.5) is 0 Å². The van der Waals surface area contributed by atoms with E-state index in [1.807, 2.05) is 6.07 Å². The van der Waals surface area contributed by atoms with Crippen molar-refractivity contribution >= 4 is 20.8 Å². The van der Waals surface area contributed by atoms with Crippen molar-refractivity contribution in [2.75, 3.05) is 0 Å². The van der Waals surface area contributed by atoms with Gasteiger partial charge in [-0.25, -0.2) is 4.98 Å². The minimum absolute atomic E-state index is 0.553. The number of hydrogen-bond acceptors (Lipinski definition) is 1. The summed E-state index contributed by atoms with van der Waals surface area (Å²) < 4.78 is 0. The molecule has 0 spiro atoms. The molecule has 1 heterocycles. The van der Waals surface area contributed by atoms with Crippen molar-refractivity contribution in [1.82, 2.24) is 4.98 Å². The zero-order valence-electron chi connectivity index (χ0n) is 4.84. The van der Waals surface area contributed by atoms with Crippen LogP contribution in [0.3, 0.4) is 0 Å². The fraction of sp³-hybridized carbons (Fsp3) is 0.167. The van der Waals surface area contributed by atoms with Crippen molar-refractivity contribution in [3.05, 3.63) is 29.0 Å². The molecule has 0 fully saturated rings. The molecule has 1 atom stereocenters. The summed E-state index contributed by atoms with van der Waals surface area (Å²) in [6, 6.07) is 3.75. The number of nitrogens with zero attached hydrogens (tertiary/aromatic N) is 1. The number of aromatic nitrogens is 1. The predicted octanol–water partition coefficient (Wildman–Crippen LogP) is 2.11. The lowest BCUT2D eigenvalue weighted by molar-refractivity contribution is 1.25. The summed E-state index contributed by atoms with van der Waals surface area (Å²) in [6.07, 6.45) is 2.71. The van der Waals surface area contributed by atoms with Crippen LogP contribution < -0.4 is 0 Å². The molecule has 0 aromatic carbocycles. The third-order valence-electron chi connectivity index (χ3n) is 1.02. The van der Waals surface area contributed by atoms with E-state index in [0.29, 0.717) is 5.15 Å². The van der Waals surface area contributed by atoms with E-state index in [9.17, 15) is 0 Å². The Hall–Kier alpha value is -0.130. The third kappa shape index (κ3) is 1.92. The topological polar surface area (TPSA) is 12.9 Å². The summed E-state index contributed by atoms with van der Waals surface area (Å²) in [5.41, 5.74) is 1.18. The molecular weight excluding hydrogens is 152 g/mol. The van der Waals surface area contributed by atoms with Crippen LogP contribution in [0.15, 0.2) is 18.3 Å². The van der Waals surface area contributed by atoms with Crippen molar-refractivity contribution in [3.63, 3.8) is 0 Å². The van der Waals surface area contributed by atoms with E-state index in [-0.39, 0.29) is 0 Å². The lowest BCUT2D eigenvalue weighted by Gasteiger charge is -1.92. The second-order valence-electron chi connectivity index (χ2n) is 1.69. The van der Waals surface area contributed by atoms with Crippen LogP contribution in [0.2, 0.25) is 5.15 Å². The Balaban J connectivity index is 2.88. The van der Waals surface area contributed by atoms with Gasteiger partial charge in [0.15, 0.2) is 0 Å². The fourth-order valence-electron chi connectivity index (χ4n) is 0.527. The second-order valence-corrected chi connectivity index (χ2v) is 2.49. The minimum Gasteiger partial charge on any atom is -0.244 e.